The van der Waals surface area contributed by atoms with Gasteiger partial charge in [-0.2, -0.15) is 5.10 Å². The van der Waals surface area contributed by atoms with Gasteiger partial charge in [0.05, 0.1) is 23.2 Å². The fourth-order valence-electron chi connectivity index (χ4n) is 4.43. The summed E-state index contributed by atoms with van der Waals surface area (Å²) in [5.74, 6) is 0.203. The fraction of sp³-hybridized carbons (Fsp3) is 0.381. The maximum absolute atomic E-state index is 13.5. The molecule has 1 amide bonds. The zero-order chi connectivity index (χ0) is 21.8. The molecule has 0 spiro atoms. The van der Waals surface area contributed by atoms with Crippen LogP contribution in [0, 0.1) is 0 Å². The summed E-state index contributed by atoms with van der Waals surface area (Å²) in [5, 5.41) is 12.6. The van der Waals surface area contributed by atoms with E-state index >= 15 is 0 Å². The van der Waals surface area contributed by atoms with Gasteiger partial charge in [-0.3, -0.25) is 4.79 Å². The molecule has 0 saturated heterocycles. The van der Waals surface area contributed by atoms with Gasteiger partial charge in [-0.15, -0.1) is 10.2 Å². The Balaban J connectivity index is 1.42. The van der Waals surface area contributed by atoms with E-state index in [1.807, 2.05) is 0 Å². The van der Waals surface area contributed by atoms with E-state index in [4.69, 9.17) is 4.42 Å². The van der Waals surface area contributed by atoms with Gasteiger partial charge < -0.3 is 14.3 Å². The lowest BCUT2D eigenvalue weighted by molar-refractivity contribution is 0.0642. The summed E-state index contributed by atoms with van der Waals surface area (Å²) in [5.41, 5.74) is 2.12. The Kier molecular flexibility index (Phi) is 4.30. The van der Waals surface area contributed by atoms with E-state index in [1.54, 1.807) is 23.5 Å². The number of aromatic nitrogens is 6. The minimum atomic E-state index is -2.64. The lowest BCUT2D eigenvalue weighted by Crippen LogP contribution is -2.41. The zero-order valence-electron chi connectivity index (χ0n) is 16.9. The molecular formula is C21H19F2N7O2. The van der Waals surface area contributed by atoms with Gasteiger partial charge in [-0.05, 0) is 31.0 Å². The van der Waals surface area contributed by atoms with Crippen molar-refractivity contribution in [3.63, 3.8) is 0 Å². The highest BCUT2D eigenvalue weighted by Crippen LogP contribution is 2.37. The van der Waals surface area contributed by atoms with Crippen LogP contribution < -0.4 is 0 Å². The number of carbonyl (C=O) groups excluding carboxylic acids is 1. The van der Waals surface area contributed by atoms with Crippen LogP contribution in [0.3, 0.4) is 0 Å². The number of nitrogens with zero attached hydrogens (tertiary/aromatic N) is 6. The Morgan fingerprint density at radius 3 is 2.94 bits per heavy atom. The summed E-state index contributed by atoms with van der Waals surface area (Å²) in [6, 6.07) is 3.82. The van der Waals surface area contributed by atoms with Crippen LogP contribution in [0.1, 0.15) is 76.9 Å². The number of pyridine rings is 1. The van der Waals surface area contributed by atoms with Crippen molar-refractivity contribution in [3.05, 3.63) is 65.1 Å². The predicted octanol–water partition coefficient (Wildman–Crippen LogP) is 3.43. The number of imidazole rings is 1. The van der Waals surface area contributed by atoms with Gasteiger partial charge in [0, 0.05) is 36.3 Å². The van der Waals surface area contributed by atoms with E-state index in [2.05, 4.69) is 25.3 Å². The Bertz CT molecular complexity index is 1310. The molecule has 0 unspecified atom stereocenters. The van der Waals surface area contributed by atoms with Crippen LogP contribution in [-0.2, 0) is 6.42 Å². The van der Waals surface area contributed by atoms with Crippen molar-refractivity contribution in [1.82, 2.24) is 34.7 Å². The first-order valence-corrected chi connectivity index (χ1v) is 10.5. The smallest absolute Gasteiger partial charge is 0.312 e. The SMILES string of the molecule is O=C(c1nnc(C2CCC2)o1)N1CCc2[nH]cnc2[C@H]1c1cc2c(C(F)F)cccn2n1. The van der Waals surface area contributed by atoms with E-state index in [1.165, 1.54) is 16.6 Å². The zero-order valence-corrected chi connectivity index (χ0v) is 16.9. The van der Waals surface area contributed by atoms with Crippen molar-refractivity contribution in [2.75, 3.05) is 6.54 Å². The number of fused-ring (bicyclic) bond motifs is 2. The van der Waals surface area contributed by atoms with E-state index in [-0.39, 0.29) is 22.9 Å². The number of hydrogen-bond donors (Lipinski definition) is 1. The second kappa shape index (κ2) is 7.21. The largest absolute Gasteiger partial charge is 0.417 e. The van der Waals surface area contributed by atoms with Gasteiger partial charge in [0.2, 0.25) is 5.89 Å². The number of H-pyrrole nitrogens is 1. The molecule has 0 radical (unpaired) electrons. The highest BCUT2D eigenvalue weighted by atomic mass is 19.3. The van der Waals surface area contributed by atoms with Crippen molar-refractivity contribution in [1.29, 1.82) is 0 Å². The third-order valence-corrected chi connectivity index (χ3v) is 6.33. The van der Waals surface area contributed by atoms with Gasteiger partial charge >= 0.3 is 11.8 Å². The van der Waals surface area contributed by atoms with Crippen molar-refractivity contribution in [3.8, 4) is 0 Å². The second-order valence-electron chi connectivity index (χ2n) is 8.15. The van der Waals surface area contributed by atoms with Crippen molar-refractivity contribution in [2.24, 2.45) is 0 Å². The van der Waals surface area contributed by atoms with Gasteiger partial charge in [0.1, 0.15) is 6.04 Å². The van der Waals surface area contributed by atoms with Crippen LogP contribution >= 0.6 is 0 Å². The van der Waals surface area contributed by atoms with Gasteiger partial charge in [0.15, 0.2) is 0 Å². The molecule has 0 aromatic carbocycles. The molecule has 0 bridgehead atoms. The van der Waals surface area contributed by atoms with Crippen LogP contribution in [0.15, 0.2) is 35.1 Å². The summed E-state index contributed by atoms with van der Waals surface area (Å²) in [6.45, 7) is 0.370. The average Bonchev–Trinajstić information content (AvgIpc) is 3.49. The minimum Gasteiger partial charge on any atom is -0.417 e. The highest BCUT2D eigenvalue weighted by Gasteiger charge is 2.39. The van der Waals surface area contributed by atoms with Crippen molar-refractivity contribution >= 4 is 11.4 Å². The fourth-order valence-corrected chi connectivity index (χ4v) is 4.43. The molecule has 1 aliphatic carbocycles. The lowest BCUT2D eigenvalue weighted by Gasteiger charge is -2.32. The molecule has 164 valence electrons. The number of carbonyl (C=O) groups is 1. The molecule has 6 rings (SSSR count). The predicted molar refractivity (Wildman–Crippen MR) is 106 cm³/mol. The number of aromatic amines is 1. The highest BCUT2D eigenvalue weighted by molar-refractivity contribution is 5.90. The van der Waals surface area contributed by atoms with Crippen molar-refractivity contribution in [2.45, 2.75) is 44.1 Å². The molecule has 2 aliphatic rings. The third-order valence-electron chi connectivity index (χ3n) is 6.33. The average molecular weight is 439 g/mol. The summed E-state index contributed by atoms with van der Waals surface area (Å²) in [7, 11) is 0. The maximum Gasteiger partial charge on any atom is 0.312 e. The summed E-state index contributed by atoms with van der Waals surface area (Å²) >= 11 is 0. The molecule has 9 nitrogen and oxygen atoms in total. The number of alkyl halides is 2. The van der Waals surface area contributed by atoms with Crippen LogP contribution in [0.5, 0.6) is 0 Å². The second-order valence-corrected chi connectivity index (χ2v) is 8.15. The number of hydrogen-bond acceptors (Lipinski definition) is 6. The van der Waals surface area contributed by atoms with Crippen LogP contribution in [0.2, 0.25) is 0 Å². The molecule has 11 heteroatoms. The normalized spacial score (nSPS) is 18.8. The van der Waals surface area contributed by atoms with Gasteiger partial charge in [-0.1, -0.05) is 6.42 Å². The summed E-state index contributed by atoms with van der Waals surface area (Å²) in [6.07, 6.45) is 4.16. The van der Waals surface area contributed by atoms with Crippen molar-refractivity contribution < 1.29 is 18.0 Å². The standard InChI is InChI=1S/C21H19F2N7O2/c22-18(23)12-5-2-7-30-15(12)9-14(28-30)17-16-13(24-10-25-16)6-8-29(17)21(31)20-27-26-19(32-20)11-3-1-4-11/h2,5,7,9-11,17-18H,1,3-4,6,8H2,(H,24,25)/t17-/m1/s1. The molecule has 1 fully saturated rings. The number of amides is 1. The number of nitrogens with one attached hydrogen (secondary N) is 1. The number of rotatable bonds is 4. The van der Waals surface area contributed by atoms with E-state index in [9.17, 15) is 13.6 Å². The van der Waals surface area contributed by atoms with Gasteiger partial charge in [-0.25, -0.2) is 18.3 Å². The monoisotopic (exact) mass is 439 g/mol. The minimum absolute atomic E-state index is 0.0760. The molecule has 4 aromatic heterocycles. The molecular weight excluding hydrogens is 420 g/mol. The van der Waals surface area contributed by atoms with E-state index in [0.29, 0.717) is 30.2 Å². The molecule has 4 aromatic rings. The Hall–Kier alpha value is -3.63. The summed E-state index contributed by atoms with van der Waals surface area (Å²) < 4.78 is 34.1. The maximum atomic E-state index is 13.5. The van der Waals surface area contributed by atoms with Crippen LogP contribution in [0.25, 0.3) is 5.52 Å². The first-order valence-electron chi connectivity index (χ1n) is 10.5. The summed E-state index contributed by atoms with van der Waals surface area (Å²) in [4.78, 5) is 22.5. The molecule has 1 saturated carbocycles. The van der Waals surface area contributed by atoms with Crippen LogP contribution in [-0.4, -0.2) is 47.1 Å². The Labute approximate surface area is 180 Å². The third kappa shape index (κ3) is 2.91. The molecule has 1 N–H and O–H groups in total. The number of halogens is 2. The first-order chi connectivity index (χ1) is 15.6. The quantitative estimate of drug-likeness (QED) is 0.522. The van der Waals surface area contributed by atoms with E-state index < -0.39 is 18.4 Å². The topological polar surface area (TPSA) is 105 Å². The molecule has 1 aliphatic heterocycles. The Morgan fingerprint density at radius 2 is 2.16 bits per heavy atom. The van der Waals surface area contributed by atoms with Gasteiger partial charge in [0.25, 0.3) is 6.43 Å². The molecule has 32 heavy (non-hydrogen) atoms. The molecule has 1 atom stereocenters. The van der Waals surface area contributed by atoms with Crippen LogP contribution in [0.4, 0.5) is 8.78 Å². The molecule has 5 heterocycles. The lowest BCUT2D eigenvalue weighted by atomic mass is 9.85. The first kappa shape index (κ1) is 19.1. The van der Waals surface area contributed by atoms with E-state index in [0.717, 1.165) is 25.0 Å². The Morgan fingerprint density at radius 1 is 1.28 bits per heavy atom.